The third-order valence-corrected chi connectivity index (χ3v) is 4.52. The van der Waals surface area contributed by atoms with Crippen LogP contribution in [0.25, 0.3) is 0 Å². The summed E-state index contributed by atoms with van der Waals surface area (Å²) in [4.78, 5) is 12.3. The Balaban J connectivity index is 1.57. The van der Waals surface area contributed by atoms with Crippen molar-refractivity contribution in [3.05, 3.63) is 63.6 Å². The lowest BCUT2D eigenvalue weighted by Gasteiger charge is -2.06. The summed E-state index contributed by atoms with van der Waals surface area (Å²) in [5.41, 5.74) is 1.64. The molecule has 0 atom stereocenters. The molecule has 0 saturated carbocycles. The molecule has 0 aliphatic rings. The van der Waals surface area contributed by atoms with Crippen molar-refractivity contribution in [3.63, 3.8) is 0 Å². The number of nitrogens with one attached hydrogen (secondary N) is 1. The third kappa shape index (κ3) is 4.51. The van der Waals surface area contributed by atoms with Crippen molar-refractivity contribution in [2.75, 3.05) is 7.11 Å². The highest BCUT2D eigenvalue weighted by Crippen LogP contribution is 2.21. The number of ether oxygens (including phenoxy) is 2. The lowest BCUT2D eigenvalue weighted by molar-refractivity contribution is 0.0918. The van der Waals surface area contributed by atoms with Crippen LogP contribution in [0.3, 0.4) is 0 Å². The lowest BCUT2D eigenvalue weighted by Crippen LogP contribution is -2.22. The molecule has 0 aliphatic carbocycles. The molecule has 8 heteroatoms. The number of halogens is 1. The van der Waals surface area contributed by atoms with Crippen molar-refractivity contribution in [1.29, 1.82) is 0 Å². The summed E-state index contributed by atoms with van der Waals surface area (Å²) in [5, 5.41) is 7.12. The molecule has 0 radical (unpaired) electrons. The number of carbonyl (C=O) groups is 1. The predicted molar refractivity (Wildman–Crippen MR) is 103 cm³/mol. The summed E-state index contributed by atoms with van der Waals surface area (Å²) < 4.78 is 19.2. The van der Waals surface area contributed by atoms with Gasteiger partial charge in [-0.25, -0.2) is 4.68 Å². The van der Waals surface area contributed by atoms with Gasteiger partial charge in [0, 0.05) is 11.5 Å². The van der Waals surface area contributed by atoms with Crippen molar-refractivity contribution in [2.24, 2.45) is 7.05 Å². The van der Waals surface area contributed by atoms with Crippen LogP contribution < -0.4 is 14.8 Å². The largest absolute Gasteiger partial charge is 0.486 e. The quantitative estimate of drug-likeness (QED) is 0.615. The van der Waals surface area contributed by atoms with Crippen LogP contribution >= 0.6 is 15.9 Å². The number of nitrogens with zero attached hydrogens (tertiary/aromatic N) is 2. The van der Waals surface area contributed by atoms with E-state index in [1.54, 1.807) is 31.0 Å². The number of methoxy groups -OCH3 is 1. The Hall–Kier alpha value is -2.74. The molecule has 0 aliphatic heterocycles. The second-order valence-electron chi connectivity index (χ2n) is 5.89. The molecule has 0 fully saturated rings. The van der Waals surface area contributed by atoms with E-state index in [0.717, 1.165) is 21.5 Å². The van der Waals surface area contributed by atoms with E-state index in [4.69, 9.17) is 13.9 Å². The number of benzene rings is 1. The predicted octanol–water partition coefficient (Wildman–Crippen LogP) is 3.60. The van der Waals surface area contributed by atoms with E-state index in [1.807, 2.05) is 31.2 Å². The molecule has 1 amide bonds. The topological polar surface area (TPSA) is 78.5 Å². The van der Waals surface area contributed by atoms with E-state index >= 15 is 0 Å². The van der Waals surface area contributed by atoms with Gasteiger partial charge in [-0.3, -0.25) is 4.79 Å². The van der Waals surface area contributed by atoms with Gasteiger partial charge in [0.05, 0.1) is 24.9 Å². The summed E-state index contributed by atoms with van der Waals surface area (Å²) in [6.07, 6.45) is 0. The second-order valence-corrected chi connectivity index (χ2v) is 6.80. The SMILES string of the molecule is COc1c(CNC(=O)c2ccc(COc3ccc(Br)cc3)o2)c(C)nn1C. The summed E-state index contributed by atoms with van der Waals surface area (Å²) in [6, 6.07) is 10.8. The van der Waals surface area contributed by atoms with Crippen LogP contribution in [0.4, 0.5) is 0 Å². The van der Waals surface area contributed by atoms with Gasteiger partial charge in [-0.05, 0) is 43.3 Å². The number of furan rings is 1. The minimum Gasteiger partial charge on any atom is -0.486 e. The molecule has 2 heterocycles. The van der Waals surface area contributed by atoms with E-state index in [9.17, 15) is 4.79 Å². The van der Waals surface area contributed by atoms with E-state index in [2.05, 4.69) is 26.3 Å². The Bertz CT molecular complexity index is 931. The molecular weight excluding hydrogens is 414 g/mol. The minimum atomic E-state index is -0.310. The molecule has 1 N–H and O–H groups in total. The smallest absolute Gasteiger partial charge is 0.287 e. The van der Waals surface area contributed by atoms with Crippen molar-refractivity contribution in [1.82, 2.24) is 15.1 Å². The Labute approximate surface area is 165 Å². The second kappa shape index (κ2) is 8.30. The Kier molecular flexibility index (Phi) is 5.85. The molecule has 2 aromatic heterocycles. The van der Waals surface area contributed by atoms with Crippen molar-refractivity contribution >= 4 is 21.8 Å². The number of hydrogen-bond donors (Lipinski definition) is 1. The summed E-state index contributed by atoms with van der Waals surface area (Å²) in [6.45, 7) is 2.41. The average Bonchev–Trinajstić information content (AvgIpc) is 3.23. The van der Waals surface area contributed by atoms with Gasteiger partial charge in [0.25, 0.3) is 5.91 Å². The van der Waals surface area contributed by atoms with Gasteiger partial charge in [0.2, 0.25) is 5.88 Å². The van der Waals surface area contributed by atoms with Gasteiger partial charge < -0.3 is 19.2 Å². The third-order valence-electron chi connectivity index (χ3n) is 3.99. The molecule has 142 valence electrons. The normalized spacial score (nSPS) is 10.7. The molecular formula is C19H20BrN3O4. The van der Waals surface area contributed by atoms with Gasteiger partial charge in [0.15, 0.2) is 5.76 Å². The van der Waals surface area contributed by atoms with Crippen molar-refractivity contribution < 1.29 is 18.7 Å². The molecule has 0 saturated heterocycles. The molecule has 3 rings (SSSR count). The summed E-state index contributed by atoms with van der Waals surface area (Å²) in [5.74, 6) is 1.83. The van der Waals surface area contributed by atoms with E-state index in [-0.39, 0.29) is 18.3 Å². The molecule has 1 aromatic carbocycles. The number of hydrogen-bond acceptors (Lipinski definition) is 5. The standard InChI is InChI=1S/C19H20BrN3O4/c1-12-16(19(25-3)23(2)22-12)10-21-18(24)17-9-8-15(27-17)11-26-14-6-4-13(20)5-7-14/h4-9H,10-11H2,1-3H3,(H,21,24). The first kappa shape index (κ1) is 19.0. The summed E-state index contributed by atoms with van der Waals surface area (Å²) in [7, 11) is 3.37. The highest BCUT2D eigenvalue weighted by Gasteiger charge is 2.17. The Morgan fingerprint density at radius 2 is 2.00 bits per heavy atom. The van der Waals surface area contributed by atoms with Crippen LogP contribution in [0.5, 0.6) is 11.6 Å². The Morgan fingerprint density at radius 1 is 1.26 bits per heavy atom. The van der Waals surface area contributed by atoms with Crippen LogP contribution in [-0.2, 0) is 20.2 Å². The molecule has 7 nitrogen and oxygen atoms in total. The maximum atomic E-state index is 12.3. The van der Waals surface area contributed by atoms with Gasteiger partial charge in [0.1, 0.15) is 18.1 Å². The summed E-state index contributed by atoms with van der Waals surface area (Å²) >= 11 is 3.38. The van der Waals surface area contributed by atoms with Crippen molar-refractivity contribution in [2.45, 2.75) is 20.1 Å². The highest BCUT2D eigenvalue weighted by molar-refractivity contribution is 9.10. The van der Waals surface area contributed by atoms with Gasteiger partial charge in [-0.1, -0.05) is 15.9 Å². The number of carbonyl (C=O) groups excluding carboxylic acids is 1. The lowest BCUT2D eigenvalue weighted by atomic mass is 10.2. The highest BCUT2D eigenvalue weighted by atomic mass is 79.9. The first-order valence-electron chi connectivity index (χ1n) is 8.29. The van der Waals surface area contributed by atoms with E-state index in [1.165, 1.54) is 0 Å². The zero-order chi connectivity index (χ0) is 19.4. The fraction of sp³-hybridized carbons (Fsp3) is 0.263. The number of rotatable bonds is 7. The minimum absolute atomic E-state index is 0.227. The number of amides is 1. The maximum Gasteiger partial charge on any atom is 0.287 e. The maximum absolute atomic E-state index is 12.3. The van der Waals surface area contributed by atoms with Crippen LogP contribution in [0.1, 0.15) is 27.6 Å². The van der Waals surface area contributed by atoms with Crippen molar-refractivity contribution in [3.8, 4) is 11.6 Å². The van der Waals surface area contributed by atoms with E-state index in [0.29, 0.717) is 18.2 Å². The zero-order valence-electron chi connectivity index (χ0n) is 15.3. The van der Waals surface area contributed by atoms with Crippen LogP contribution in [0.2, 0.25) is 0 Å². The van der Waals surface area contributed by atoms with Crippen LogP contribution in [-0.4, -0.2) is 22.8 Å². The molecule has 3 aromatic rings. The Morgan fingerprint density at radius 3 is 2.70 bits per heavy atom. The molecule has 0 bridgehead atoms. The average molecular weight is 434 g/mol. The fourth-order valence-electron chi connectivity index (χ4n) is 2.66. The first-order valence-corrected chi connectivity index (χ1v) is 9.09. The monoisotopic (exact) mass is 433 g/mol. The van der Waals surface area contributed by atoms with Gasteiger partial charge in [-0.2, -0.15) is 5.10 Å². The van der Waals surface area contributed by atoms with Crippen LogP contribution in [0, 0.1) is 6.92 Å². The molecule has 27 heavy (non-hydrogen) atoms. The molecule has 0 unspecified atom stereocenters. The molecule has 0 spiro atoms. The van der Waals surface area contributed by atoms with Gasteiger partial charge >= 0.3 is 0 Å². The first-order chi connectivity index (χ1) is 13.0. The van der Waals surface area contributed by atoms with E-state index < -0.39 is 0 Å². The van der Waals surface area contributed by atoms with Crippen LogP contribution in [0.15, 0.2) is 45.3 Å². The fourth-order valence-corrected chi connectivity index (χ4v) is 2.92. The zero-order valence-corrected chi connectivity index (χ0v) is 16.9. The number of aromatic nitrogens is 2. The van der Waals surface area contributed by atoms with Gasteiger partial charge in [-0.15, -0.1) is 0 Å². The number of aryl methyl sites for hydroxylation is 2.